The van der Waals surface area contributed by atoms with E-state index >= 15 is 0 Å². The lowest BCUT2D eigenvalue weighted by atomic mass is 9.95. The number of halogens is 1. The van der Waals surface area contributed by atoms with Crippen molar-refractivity contribution in [1.29, 1.82) is 0 Å². The van der Waals surface area contributed by atoms with Gasteiger partial charge >= 0.3 is 0 Å². The summed E-state index contributed by atoms with van der Waals surface area (Å²) in [6, 6.07) is 11.3. The van der Waals surface area contributed by atoms with E-state index in [9.17, 15) is 4.39 Å². The molecule has 1 N–H and O–H groups in total. The van der Waals surface area contributed by atoms with Gasteiger partial charge in [0.05, 0.1) is 0 Å². The molecule has 0 saturated carbocycles. The first-order chi connectivity index (χ1) is 9.36. The molecule has 1 nitrogen and oxygen atoms in total. The number of rotatable bonds is 4. The molecule has 0 radical (unpaired) electrons. The molecular weight excluding hydrogens is 269 g/mol. The molecule has 0 saturated heterocycles. The van der Waals surface area contributed by atoms with Gasteiger partial charge < -0.3 is 5.32 Å². The molecule has 1 aromatic carbocycles. The molecule has 108 valence electrons. The van der Waals surface area contributed by atoms with E-state index in [1.165, 1.54) is 15.8 Å². The van der Waals surface area contributed by atoms with E-state index in [-0.39, 0.29) is 17.3 Å². The lowest BCUT2D eigenvalue weighted by molar-refractivity contribution is 0.568. The molecule has 0 aliphatic rings. The predicted molar refractivity (Wildman–Crippen MR) is 84.7 cm³/mol. The Morgan fingerprint density at radius 2 is 1.95 bits per heavy atom. The molecule has 0 amide bonds. The van der Waals surface area contributed by atoms with Crippen molar-refractivity contribution in [2.24, 2.45) is 0 Å². The Hall–Kier alpha value is -1.19. The van der Waals surface area contributed by atoms with Crippen molar-refractivity contribution in [3.63, 3.8) is 0 Å². The Bertz CT molecular complexity index is 568. The fourth-order valence-corrected chi connectivity index (χ4v) is 3.04. The summed E-state index contributed by atoms with van der Waals surface area (Å²) >= 11 is 1.84. The van der Waals surface area contributed by atoms with Crippen molar-refractivity contribution >= 4 is 11.3 Å². The van der Waals surface area contributed by atoms with Gasteiger partial charge in [0.2, 0.25) is 0 Å². The van der Waals surface area contributed by atoms with Crippen LogP contribution in [0.4, 0.5) is 4.39 Å². The highest BCUT2D eigenvalue weighted by atomic mass is 32.1. The summed E-state index contributed by atoms with van der Waals surface area (Å²) < 4.78 is 13.2. The van der Waals surface area contributed by atoms with Crippen molar-refractivity contribution in [2.45, 2.75) is 45.7 Å². The number of hydrogen-bond donors (Lipinski definition) is 1. The van der Waals surface area contributed by atoms with Crippen LogP contribution in [-0.2, 0) is 12.0 Å². The normalized spacial score (nSPS) is 13.4. The summed E-state index contributed by atoms with van der Waals surface area (Å²) in [6.07, 6.45) is 0. The number of hydrogen-bond acceptors (Lipinski definition) is 2. The van der Waals surface area contributed by atoms with Crippen LogP contribution in [0.2, 0.25) is 0 Å². The third kappa shape index (κ3) is 3.90. The first-order valence-electron chi connectivity index (χ1n) is 6.94. The third-order valence-corrected chi connectivity index (χ3v) is 4.84. The average molecular weight is 291 g/mol. The molecule has 0 unspecified atom stereocenters. The molecule has 0 fully saturated rings. The van der Waals surface area contributed by atoms with Crippen LogP contribution in [0.25, 0.3) is 0 Å². The first-order valence-corrected chi connectivity index (χ1v) is 7.76. The Labute approximate surface area is 124 Å². The van der Waals surface area contributed by atoms with Gasteiger partial charge in [0.1, 0.15) is 5.82 Å². The average Bonchev–Trinajstić information content (AvgIpc) is 2.84. The van der Waals surface area contributed by atoms with Crippen LogP contribution >= 0.6 is 11.3 Å². The second kappa shape index (κ2) is 6.06. The van der Waals surface area contributed by atoms with Gasteiger partial charge in [-0.05, 0) is 42.2 Å². The van der Waals surface area contributed by atoms with E-state index in [0.717, 1.165) is 12.1 Å². The van der Waals surface area contributed by atoms with Crippen molar-refractivity contribution in [3.8, 4) is 0 Å². The zero-order valence-electron chi connectivity index (χ0n) is 12.5. The maximum absolute atomic E-state index is 13.2. The zero-order chi connectivity index (χ0) is 14.8. The van der Waals surface area contributed by atoms with Crippen molar-refractivity contribution < 1.29 is 4.39 Å². The van der Waals surface area contributed by atoms with Gasteiger partial charge in [0.25, 0.3) is 0 Å². The number of benzene rings is 1. The lowest BCUT2D eigenvalue weighted by Crippen LogP contribution is -2.17. The molecule has 0 bridgehead atoms. The molecule has 2 aromatic rings. The molecular formula is C17H22FNS. The van der Waals surface area contributed by atoms with Crippen molar-refractivity contribution in [3.05, 3.63) is 57.5 Å². The molecule has 2 rings (SSSR count). The minimum Gasteiger partial charge on any atom is -0.305 e. The SMILES string of the molecule is C[C@H](NCc1ccc(C(C)(C)C)s1)c1cccc(F)c1. The highest BCUT2D eigenvalue weighted by Gasteiger charge is 2.16. The van der Waals surface area contributed by atoms with Crippen LogP contribution in [0, 0.1) is 5.82 Å². The van der Waals surface area contributed by atoms with E-state index in [4.69, 9.17) is 0 Å². The molecule has 3 heteroatoms. The number of nitrogens with one attached hydrogen (secondary N) is 1. The van der Waals surface area contributed by atoms with Gasteiger partial charge in [-0.25, -0.2) is 4.39 Å². The molecule has 0 spiro atoms. The monoisotopic (exact) mass is 291 g/mol. The van der Waals surface area contributed by atoms with Gasteiger partial charge in [-0.3, -0.25) is 0 Å². The number of thiophene rings is 1. The Balaban J connectivity index is 1.97. The maximum Gasteiger partial charge on any atom is 0.123 e. The molecule has 20 heavy (non-hydrogen) atoms. The van der Waals surface area contributed by atoms with Gasteiger partial charge in [0.15, 0.2) is 0 Å². The van der Waals surface area contributed by atoms with Crippen molar-refractivity contribution in [1.82, 2.24) is 5.32 Å². The van der Waals surface area contributed by atoms with Crippen LogP contribution in [0.5, 0.6) is 0 Å². The second-order valence-electron chi connectivity index (χ2n) is 6.17. The quantitative estimate of drug-likeness (QED) is 0.832. The van der Waals surface area contributed by atoms with E-state index in [1.807, 2.05) is 17.4 Å². The third-order valence-electron chi connectivity index (χ3n) is 3.33. The van der Waals surface area contributed by atoms with Gasteiger partial charge in [-0.15, -0.1) is 11.3 Å². The smallest absolute Gasteiger partial charge is 0.123 e. The molecule has 0 aliphatic heterocycles. The van der Waals surface area contributed by atoms with Crippen LogP contribution in [-0.4, -0.2) is 0 Å². The van der Waals surface area contributed by atoms with Gasteiger partial charge in [-0.1, -0.05) is 32.9 Å². The van der Waals surface area contributed by atoms with Crippen LogP contribution < -0.4 is 5.32 Å². The highest BCUT2D eigenvalue weighted by molar-refractivity contribution is 7.12. The summed E-state index contributed by atoms with van der Waals surface area (Å²) in [4.78, 5) is 2.71. The summed E-state index contributed by atoms with van der Waals surface area (Å²) in [5.41, 5.74) is 1.19. The Kier molecular flexibility index (Phi) is 4.61. The van der Waals surface area contributed by atoms with Crippen LogP contribution in [0.1, 0.15) is 49.1 Å². The zero-order valence-corrected chi connectivity index (χ0v) is 13.4. The minimum absolute atomic E-state index is 0.144. The standard InChI is InChI=1S/C17H22FNS/c1-12(13-6-5-7-14(18)10-13)19-11-15-8-9-16(20-15)17(2,3)4/h5-10,12,19H,11H2,1-4H3/t12-/m0/s1. The fourth-order valence-electron chi connectivity index (χ4n) is 2.02. The maximum atomic E-state index is 13.2. The highest BCUT2D eigenvalue weighted by Crippen LogP contribution is 2.29. The summed E-state index contributed by atoms with van der Waals surface area (Å²) in [6.45, 7) is 9.56. The molecule has 0 aliphatic carbocycles. The minimum atomic E-state index is -0.178. The van der Waals surface area contributed by atoms with E-state index < -0.39 is 0 Å². The largest absolute Gasteiger partial charge is 0.305 e. The van der Waals surface area contributed by atoms with Crippen LogP contribution in [0.15, 0.2) is 36.4 Å². The van der Waals surface area contributed by atoms with Crippen LogP contribution in [0.3, 0.4) is 0 Å². The second-order valence-corrected chi connectivity index (χ2v) is 7.34. The van der Waals surface area contributed by atoms with E-state index in [2.05, 4.69) is 45.1 Å². The van der Waals surface area contributed by atoms with E-state index in [1.54, 1.807) is 12.1 Å². The summed E-state index contributed by atoms with van der Waals surface area (Å²) in [5, 5.41) is 3.45. The summed E-state index contributed by atoms with van der Waals surface area (Å²) in [7, 11) is 0. The topological polar surface area (TPSA) is 12.0 Å². The molecule has 1 aromatic heterocycles. The Morgan fingerprint density at radius 3 is 2.55 bits per heavy atom. The lowest BCUT2D eigenvalue weighted by Gasteiger charge is -2.16. The summed E-state index contributed by atoms with van der Waals surface area (Å²) in [5.74, 6) is -0.178. The van der Waals surface area contributed by atoms with Crippen molar-refractivity contribution in [2.75, 3.05) is 0 Å². The van der Waals surface area contributed by atoms with E-state index in [0.29, 0.717) is 0 Å². The molecule has 1 heterocycles. The predicted octanol–water partition coefficient (Wildman–Crippen LogP) is 5.04. The first kappa shape index (κ1) is 15.2. The van der Waals surface area contributed by atoms with Gasteiger partial charge in [0, 0.05) is 22.3 Å². The Morgan fingerprint density at radius 1 is 1.20 bits per heavy atom. The molecule has 1 atom stereocenters. The van der Waals surface area contributed by atoms with Gasteiger partial charge in [-0.2, -0.15) is 0 Å². The fraction of sp³-hybridized carbons (Fsp3) is 0.412.